The van der Waals surface area contributed by atoms with Crippen LogP contribution in [-0.4, -0.2) is 26.7 Å². The van der Waals surface area contributed by atoms with E-state index in [0.717, 1.165) is 10.2 Å². The van der Waals surface area contributed by atoms with Crippen LogP contribution in [0.1, 0.15) is 12.1 Å². The van der Waals surface area contributed by atoms with Crippen LogP contribution in [-0.2, 0) is 6.42 Å². The molecule has 0 aliphatic carbocycles. The lowest BCUT2D eigenvalue weighted by atomic mass is 10.2. The molecule has 1 aromatic heterocycles. The molecule has 90 valence electrons. The molecule has 0 aliphatic rings. The van der Waals surface area contributed by atoms with Gasteiger partial charge in [0.25, 0.3) is 0 Å². The summed E-state index contributed by atoms with van der Waals surface area (Å²) in [6.45, 7) is 0.109. The summed E-state index contributed by atoms with van der Waals surface area (Å²) in [4.78, 5) is 0. The van der Waals surface area contributed by atoms with E-state index in [1.807, 2.05) is 0 Å². The van der Waals surface area contributed by atoms with Crippen LogP contribution in [0.5, 0.6) is 0 Å². The van der Waals surface area contributed by atoms with E-state index >= 15 is 0 Å². The molecular formula is C11H11BrFN3O. The molecule has 1 aromatic carbocycles. The van der Waals surface area contributed by atoms with Gasteiger partial charge in [-0.1, -0.05) is 21.1 Å². The summed E-state index contributed by atoms with van der Waals surface area (Å²) in [5.41, 5.74) is 1.08. The average Bonchev–Trinajstić information content (AvgIpc) is 2.78. The first-order valence-electron chi connectivity index (χ1n) is 5.18. The average molecular weight is 300 g/mol. The normalized spacial score (nSPS) is 10.8. The van der Waals surface area contributed by atoms with E-state index in [1.54, 1.807) is 18.3 Å². The van der Waals surface area contributed by atoms with Crippen LogP contribution in [0.25, 0.3) is 5.69 Å². The van der Waals surface area contributed by atoms with Crippen molar-refractivity contribution in [2.75, 3.05) is 6.61 Å². The molecular weight excluding hydrogens is 289 g/mol. The molecule has 1 N–H and O–H groups in total. The maximum absolute atomic E-state index is 13.6. The molecule has 0 saturated heterocycles. The van der Waals surface area contributed by atoms with E-state index in [4.69, 9.17) is 5.11 Å². The number of hydrogen-bond acceptors (Lipinski definition) is 3. The third-order valence-corrected chi connectivity index (χ3v) is 2.78. The second-order valence-corrected chi connectivity index (χ2v) is 4.49. The number of aryl methyl sites for hydroxylation is 1. The monoisotopic (exact) mass is 299 g/mol. The van der Waals surface area contributed by atoms with Crippen LogP contribution in [0.4, 0.5) is 4.39 Å². The van der Waals surface area contributed by atoms with E-state index < -0.39 is 0 Å². The standard InChI is InChI=1S/C11H11BrFN3O/c12-8-3-4-10(13)11(6-8)16-7-9(14-15-16)2-1-5-17/h3-4,6-7,17H,1-2,5H2. The van der Waals surface area contributed by atoms with Crippen molar-refractivity contribution in [3.05, 3.63) is 40.4 Å². The van der Waals surface area contributed by atoms with Crippen molar-refractivity contribution in [2.24, 2.45) is 0 Å². The van der Waals surface area contributed by atoms with Crippen LogP contribution in [0.3, 0.4) is 0 Å². The molecule has 0 saturated carbocycles. The van der Waals surface area contributed by atoms with E-state index in [2.05, 4.69) is 26.2 Å². The smallest absolute Gasteiger partial charge is 0.148 e. The zero-order valence-electron chi connectivity index (χ0n) is 8.98. The minimum absolute atomic E-state index is 0.109. The van der Waals surface area contributed by atoms with Gasteiger partial charge in [0.15, 0.2) is 0 Å². The van der Waals surface area contributed by atoms with Crippen molar-refractivity contribution in [1.29, 1.82) is 0 Å². The first-order valence-corrected chi connectivity index (χ1v) is 5.97. The van der Waals surface area contributed by atoms with Crippen molar-refractivity contribution in [1.82, 2.24) is 15.0 Å². The fraction of sp³-hybridized carbons (Fsp3) is 0.273. The van der Waals surface area contributed by atoms with Crippen molar-refractivity contribution in [2.45, 2.75) is 12.8 Å². The minimum atomic E-state index is -0.355. The van der Waals surface area contributed by atoms with Gasteiger partial charge in [0, 0.05) is 11.1 Å². The van der Waals surface area contributed by atoms with E-state index in [1.165, 1.54) is 10.7 Å². The Morgan fingerprint density at radius 2 is 2.24 bits per heavy atom. The van der Waals surface area contributed by atoms with E-state index in [9.17, 15) is 4.39 Å². The molecule has 0 atom stereocenters. The molecule has 0 bridgehead atoms. The summed E-state index contributed by atoms with van der Waals surface area (Å²) in [5, 5.41) is 16.5. The lowest BCUT2D eigenvalue weighted by Gasteiger charge is -2.02. The Morgan fingerprint density at radius 3 is 3.00 bits per heavy atom. The third-order valence-electron chi connectivity index (χ3n) is 2.29. The molecule has 4 nitrogen and oxygen atoms in total. The second kappa shape index (κ2) is 5.37. The quantitative estimate of drug-likeness (QED) is 0.940. The molecule has 0 fully saturated rings. The van der Waals surface area contributed by atoms with E-state index in [0.29, 0.717) is 18.5 Å². The number of nitrogens with zero attached hydrogens (tertiary/aromatic N) is 3. The number of aliphatic hydroxyl groups is 1. The molecule has 1 heterocycles. The van der Waals surface area contributed by atoms with E-state index in [-0.39, 0.29) is 12.4 Å². The minimum Gasteiger partial charge on any atom is -0.396 e. The first-order chi connectivity index (χ1) is 8.20. The molecule has 0 aliphatic heterocycles. The highest BCUT2D eigenvalue weighted by atomic mass is 79.9. The van der Waals surface area contributed by atoms with Crippen LogP contribution >= 0.6 is 15.9 Å². The lowest BCUT2D eigenvalue weighted by molar-refractivity contribution is 0.288. The van der Waals surface area contributed by atoms with Gasteiger partial charge in [0.2, 0.25) is 0 Å². The molecule has 17 heavy (non-hydrogen) atoms. The van der Waals surface area contributed by atoms with Gasteiger partial charge in [-0.25, -0.2) is 9.07 Å². The number of hydrogen-bond donors (Lipinski definition) is 1. The summed E-state index contributed by atoms with van der Waals surface area (Å²) in [6.07, 6.45) is 2.92. The van der Waals surface area contributed by atoms with Gasteiger partial charge < -0.3 is 5.11 Å². The third kappa shape index (κ3) is 2.89. The largest absolute Gasteiger partial charge is 0.396 e. The maximum atomic E-state index is 13.6. The molecule has 2 aromatic rings. The summed E-state index contributed by atoms with van der Waals surface area (Å²) in [6, 6.07) is 4.64. The zero-order chi connectivity index (χ0) is 12.3. The highest BCUT2D eigenvalue weighted by Crippen LogP contribution is 2.18. The van der Waals surface area contributed by atoms with Crippen molar-refractivity contribution in [3.8, 4) is 5.69 Å². The van der Waals surface area contributed by atoms with Gasteiger partial charge in [-0.2, -0.15) is 0 Å². The highest BCUT2D eigenvalue weighted by Gasteiger charge is 2.08. The molecule has 0 unspecified atom stereocenters. The summed E-state index contributed by atoms with van der Waals surface area (Å²) < 4.78 is 15.7. The molecule has 0 radical (unpaired) electrons. The number of benzene rings is 1. The number of rotatable bonds is 4. The first kappa shape index (κ1) is 12.2. The van der Waals surface area contributed by atoms with Gasteiger partial charge in [0.1, 0.15) is 11.5 Å². The summed E-state index contributed by atoms with van der Waals surface area (Å²) in [5.74, 6) is -0.355. The predicted molar refractivity (Wildman–Crippen MR) is 64.4 cm³/mol. The number of halogens is 2. The molecule has 6 heteroatoms. The van der Waals surface area contributed by atoms with Crippen molar-refractivity contribution in [3.63, 3.8) is 0 Å². The maximum Gasteiger partial charge on any atom is 0.148 e. The topological polar surface area (TPSA) is 50.9 Å². The Hall–Kier alpha value is -1.27. The molecule has 0 spiro atoms. The Bertz CT molecular complexity index is 515. The summed E-state index contributed by atoms with van der Waals surface area (Å²) in [7, 11) is 0. The summed E-state index contributed by atoms with van der Waals surface area (Å²) >= 11 is 3.28. The van der Waals surface area contributed by atoms with Crippen LogP contribution in [0.2, 0.25) is 0 Å². The van der Waals surface area contributed by atoms with Gasteiger partial charge in [-0.05, 0) is 31.0 Å². The molecule has 2 rings (SSSR count). The predicted octanol–water partition coefficient (Wildman–Crippen LogP) is 2.09. The van der Waals surface area contributed by atoms with Crippen LogP contribution in [0.15, 0.2) is 28.9 Å². The number of aliphatic hydroxyl groups excluding tert-OH is 1. The molecule has 0 amide bonds. The van der Waals surface area contributed by atoms with Crippen molar-refractivity contribution < 1.29 is 9.50 Å². The fourth-order valence-corrected chi connectivity index (χ4v) is 1.80. The fourth-order valence-electron chi connectivity index (χ4n) is 1.45. The van der Waals surface area contributed by atoms with Gasteiger partial charge in [-0.15, -0.1) is 5.10 Å². The van der Waals surface area contributed by atoms with Gasteiger partial charge in [0.05, 0.1) is 11.9 Å². The Balaban J connectivity index is 2.27. The Morgan fingerprint density at radius 1 is 1.41 bits per heavy atom. The zero-order valence-corrected chi connectivity index (χ0v) is 10.6. The van der Waals surface area contributed by atoms with Crippen LogP contribution < -0.4 is 0 Å². The lowest BCUT2D eigenvalue weighted by Crippen LogP contribution is -1.98. The number of aromatic nitrogens is 3. The SMILES string of the molecule is OCCCc1cn(-c2cc(Br)ccc2F)nn1. The van der Waals surface area contributed by atoms with Crippen molar-refractivity contribution >= 4 is 15.9 Å². The van der Waals surface area contributed by atoms with Crippen LogP contribution in [0, 0.1) is 5.82 Å². The Labute approximate surface area is 106 Å². The van der Waals surface area contributed by atoms with Gasteiger partial charge in [-0.3, -0.25) is 0 Å². The highest BCUT2D eigenvalue weighted by molar-refractivity contribution is 9.10. The Kier molecular flexibility index (Phi) is 3.86. The van der Waals surface area contributed by atoms with Gasteiger partial charge >= 0.3 is 0 Å². The second-order valence-electron chi connectivity index (χ2n) is 3.58.